The molecule has 0 unspecified atom stereocenters. The second-order valence-corrected chi connectivity index (χ2v) is 6.10. The maximum Gasteiger partial charge on any atom is 0.407 e. The fourth-order valence-electron chi connectivity index (χ4n) is 1.38. The van der Waals surface area contributed by atoms with Crippen molar-refractivity contribution in [3.05, 3.63) is 0 Å². The molecule has 1 heterocycles. The number of sulfone groups is 1. The Morgan fingerprint density at radius 3 is 2.73 bits per heavy atom. The quantitative estimate of drug-likeness (QED) is 0.781. The van der Waals surface area contributed by atoms with E-state index in [9.17, 15) is 13.2 Å². The van der Waals surface area contributed by atoms with E-state index in [1.165, 1.54) is 0 Å². The number of hydrogen-bond acceptors (Lipinski definition) is 4. The molecule has 0 aromatic rings. The zero-order chi connectivity index (χ0) is 11.5. The summed E-state index contributed by atoms with van der Waals surface area (Å²) < 4.78 is 27.2. The molecule has 0 aromatic heterocycles. The van der Waals surface area contributed by atoms with Gasteiger partial charge in [0.1, 0.15) is 6.10 Å². The minimum Gasteiger partial charge on any atom is -0.447 e. The van der Waals surface area contributed by atoms with Gasteiger partial charge in [-0.2, -0.15) is 0 Å². The van der Waals surface area contributed by atoms with E-state index in [2.05, 4.69) is 5.32 Å². The summed E-state index contributed by atoms with van der Waals surface area (Å²) in [6, 6.07) is -0.286. The first-order valence-electron chi connectivity index (χ1n) is 5.10. The first kappa shape index (κ1) is 12.3. The van der Waals surface area contributed by atoms with Crippen LogP contribution in [0.1, 0.15) is 26.7 Å². The molecule has 0 saturated carbocycles. The summed E-state index contributed by atoms with van der Waals surface area (Å²) in [5, 5.41) is 2.56. The van der Waals surface area contributed by atoms with E-state index in [1.54, 1.807) is 6.92 Å². The maximum atomic E-state index is 11.3. The average molecular weight is 235 g/mol. The second-order valence-electron chi connectivity index (χ2n) is 3.87. The Balaban J connectivity index is 2.34. The number of nitrogens with one attached hydrogen (secondary N) is 1. The molecule has 1 aliphatic heterocycles. The van der Waals surface area contributed by atoms with E-state index >= 15 is 0 Å². The molecule has 6 heteroatoms. The van der Waals surface area contributed by atoms with Gasteiger partial charge in [0.2, 0.25) is 0 Å². The highest BCUT2D eigenvalue weighted by molar-refractivity contribution is 7.91. The highest BCUT2D eigenvalue weighted by Crippen LogP contribution is 2.11. The summed E-state index contributed by atoms with van der Waals surface area (Å²) in [6.45, 7) is 3.71. The molecule has 0 radical (unpaired) electrons. The molecule has 5 nitrogen and oxygen atoms in total. The van der Waals surface area contributed by atoms with Gasteiger partial charge in [0.25, 0.3) is 0 Å². The van der Waals surface area contributed by atoms with E-state index in [0.717, 1.165) is 6.42 Å². The second kappa shape index (κ2) is 4.83. The average Bonchev–Trinajstić information content (AvgIpc) is 2.44. The number of rotatable bonds is 3. The van der Waals surface area contributed by atoms with Crippen LogP contribution >= 0.6 is 0 Å². The standard InChI is InChI=1S/C9H17NO4S/c1-3-7(2)14-9(11)10-8-4-5-15(12,13)6-8/h7-8H,3-6H2,1-2H3,(H,10,11)/t7-,8-/m1/s1. The van der Waals surface area contributed by atoms with Gasteiger partial charge < -0.3 is 10.1 Å². The Labute approximate surface area is 90.1 Å². The van der Waals surface area contributed by atoms with Gasteiger partial charge in [-0.15, -0.1) is 0 Å². The Hall–Kier alpha value is -0.780. The Morgan fingerprint density at radius 1 is 1.60 bits per heavy atom. The number of hydrogen-bond donors (Lipinski definition) is 1. The van der Waals surface area contributed by atoms with E-state index in [0.29, 0.717) is 6.42 Å². The maximum absolute atomic E-state index is 11.3. The minimum absolute atomic E-state index is 0.0304. The predicted octanol–water partition coefficient (Wildman–Crippen LogP) is 0.698. The Bertz CT molecular complexity index is 325. The Kier molecular flexibility index (Phi) is 3.96. The van der Waals surface area contributed by atoms with Crippen LogP contribution in [0.25, 0.3) is 0 Å². The molecule has 15 heavy (non-hydrogen) atoms. The lowest BCUT2D eigenvalue weighted by atomic mass is 10.3. The topological polar surface area (TPSA) is 72.5 Å². The van der Waals surface area contributed by atoms with Crippen LogP contribution in [0.15, 0.2) is 0 Å². The van der Waals surface area contributed by atoms with Crippen LogP contribution in [-0.2, 0) is 14.6 Å². The van der Waals surface area contributed by atoms with E-state index in [-0.39, 0.29) is 23.7 Å². The molecule has 0 aromatic carbocycles. The van der Waals surface area contributed by atoms with Crippen molar-refractivity contribution in [3.63, 3.8) is 0 Å². The molecule has 1 aliphatic rings. The molecule has 0 aliphatic carbocycles. The molecule has 88 valence electrons. The highest BCUT2D eigenvalue weighted by atomic mass is 32.2. The monoisotopic (exact) mass is 235 g/mol. The van der Waals surface area contributed by atoms with Gasteiger partial charge in [-0.3, -0.25) is 0 Å². The zero-order valence-corrected chi connectivity index (χ0v) is 9.84. The van der Waals surface area contributed by atoms with E-state index in [4.69, 9.17) is 4.74 Å². The largest absolute Gasteiger partial charge is 0.447 e. The molecular formula is C9H17NO4S. The van der Waals surface area contributed by atoms with Crippen molar-refractivity contribution in [2.24, 2.45) is 0 Å². The molecular weight excluding hydrogens is 218 g/mol. The summed E-state index contributed by atoms with van der Waals surface area (Å²) in [6.07, 6.45) is 0.573. The lowest BCUT2D eigenvalue weighted by molar-refractivity contribution is 0.102. The molecule has 1 fully saturated rings. The van der Waals surface area contributed by atoms with Crippen LogP contribution in [-0.4, -0.2) is 38.2 Å². The van der Waals surface area contributed by atoms with Crippen LogP contribution in [0, 0.1) is 0 Å². The third kappa shape index (κ3) is 4.07. The van der Waals surface area contributed by atoms with Gasteiger partial charge in [0.05, 0.1) is 11.5 Å². The fraction of sp³-hybridized carbons (Fsp3) is 0.889. The fourth-order valence-corrected chi connectivity index (χ4v) is 3.05. The molecule has 1 rings (SSSR count). The van der Waals surface area contributed by atoms with Gasteiger partial charge in [0, 0.05) is 6.04 Å². The molecule has 2 atom stereocenters. The van der Waals surface area contributed by atoms with Gasteiger partial charge in [-0.25, -0.2) is 13.2 Å². The minimum atomic E-state index is -2.95. The normalized spacial score (nSPS) is 25.9. The van der Waals surface area contributed by atoms with Crippen LogP contribution in [0.5, 0.6) is 0 Å². The van der Waals surface area contributed by atoms with Crippen molar-refractivity contribution in [1.29, 1.82) is 0 Å². The van der Waals surface area contributed by atoms with Crippen LogP contribution in [0.2, 0.25) is 0 Å². The van der Waals surface area contributed by atoms with Gasteiger partial charge in [-0.1, -0.05) is 6.92 Å². The molecule has 0 bridgehead atoms. The number of carbonyl (C=O) groups is 1. The van der Waals surface area contributed by atoms with Crippen molar-refractivity contribution in [2.75, 3.05) is 11.5 Å². The first-order valence-corrected chi connectivity index (χ1v) is 6.92. The van der Waals surface area contributed by atoms with Crippen molar-refractivity contribution < 1.29 is 17.9 Å². The lowest BCUT2D eigenvalue weighted by Crippen LogP contribution is -2.37. The number of carbonyl (C=O) groups excluding carboxylic acids is 1. The van der Waals surface area contributed by atoms with Gasteiger partial charge in [0.15, 0.2) is 9.84 Å². The summed E-state index contributed by atoms with van der Waals surface area (Å²) in [5.74, 6) is 0.184. The molecule has 1 saturated heterocycles. The zero-order valence-electron chi connectivity index (χ0n) is 9.02. The van der Waals surface area contributed by atoms with Crippen molar-refractivity contribution in [2.45, 2.75) is 38.8 Å². The number of amides is 1. The smallest absolute Gasteiger partial charge is 0.407 e. The molecule has 0 spiro atoms. The lowest BCUT2D eigenvalue weighted by Gasteiger charge is -2.14. The van der Waals surface area contributed by atoms with Crippen molar-refractivity contribution in [1.82, 2.24) is 5.32 Å². The van der Waals surface area contributed by atoms with Gasteiger partial charge >= 0.3 is 6.09 Å². The summed E-state index contributed by atoms with van der Waals surface area (Å²) >= 11 is 0. The third-order valence-electron chi connectivity index (χ3n) is 2.44. The van der Waals surface area contributed by atoms with E-state index in [1.807, 2.05) is 6.92 Å². The van der Waals surface area contributed by atoms with Crippen molar-refractivity contribution in [3.8, 4) is 0 Å². The SMILES string of the molecule is CC[C@@H](C)OC(=O)N[C@@H]1CCS(=O)(=O)C1. The van der Waals surface area contributed by atoms with Gasteiger partial charge in [-0.05, 0) is 19.8 Å². The van der Waals surface area contributed by atoms with Crippen molar-refractivity contribution >= 4 is 15.9 Å². The van der Waals surface area contributed by atoms with Crippen LogP contribution in [0.3, 0.4) is 0 Å². The molecule has 1 N–H and O–H groups in total. The first-order chi connectivity index (χ1) is 6.93. The predicted molar refractivity (Wildman–Crippen MR) is 56.4 cm³/mol. The van der Waals surface area contributed by atoms with E-state index < -0.39 is 15.9 Å². The van der Waals surface area contributed by atoms with Crippen LogP contribution < -0.4 is 5.32 Å². The summed E-state index contributed by atoms with van der Waals surface area (Å²) in [4.78, 5) is 11.3. The number of alkyl carbamates (subject to hydrolysis) is 1. The highest BCUT2D eigenvalue weighted by Gasteiger charge is 2.29. The Morgan fingerprint density at radius 2 is 2.27 bits per heavy atom. The third-order valence-corrected chi connectivity index (χ3v) is 4.21. The summed E-state index contributed by atoms with van der Waals surface area (Å²) in [5.41, 5.74) is 0. The molecule has 1 amide bonds. The summed E-state index contributed by atoms with van der Waals surface area (Å²) in [7, 11) is -2.95. The van der Waals surface area contributed by atoms with Crippen LogP contribution in [0.4, 0.5) is 4.79 Å². The number of ether oxygens (including phenoxy) is 1.